The highest BCUT2D eigenvalue weighted by Crippen LogP contribution is 2.42. The summed E-state index contributed by atoms with van der Waals surface area (Å²) in [6.45, 7) is 1.38. The van der Waals surface area contributed by atoms with Gasteiger partial charge in [0, 0.05) is 31.6 Å². The molecular formula is C38H52N6O6. The van der Waals surface area contributed by atoms with Crippen LogP contribution in [0.15, 0.2) is 60.7 Å². The zero-order valence-corrected chi connectivity index (χ0v) is 28.8. The van der Waals surface area contributed by atoms with E-state index < -0.39 is 35.4 Å². The van der Waals surface area contributed by atoms with E-state index in [9.17, 15) is 29.1 Å². The number of hydrogen-bond acceptors (Lipinski definition) is 8. The molecule has 1 saturated carbocycles. The van der Waals surface area contributed by atoms with Crippen LogP contribution >= 0.6 is 0 Å². The second-order valence-corrected chi connectivity index (χ2v) is 14.4. The fourth-order valence-electron chi connectivity index (χ4n) is 7.95. The van der Waals surface area contributed by atoms with Gasteiger partial charge in [-0.2, -0.15) is 0 Å². The Hall–Kier alpha value is -4.13. The minimum absolute atomic E-state index is 0.0621. The van der Waals surface area contributed by atoms with Gasteiger partial charge >= 0.3 is 5.97 Å². The number of nitrogens with two attached hydrogens (primary N) is 2. The maximum atomic E-state index is 14.3. The van der Waals surface area contributed by atoms with Gasteiger partial charge in [0.15, 0.2) is 5.78 Å². The number of piperazine rings is 1. The van der Waals surface area contributed by atoms with Gasteiger partial charge < -0.3 is 32.1 Å². The maximum Gasteiger partial charge on any atom is 0.317 e. The number of benzene rings is 2. The molecule has 7 N–H and O–H groups in total. The van der Waals surface area contributed by atoms with E-state index in [1.54, 1.807) is 0 Å². The molecule has 50 heavy (non-hydrogen) atoms. The first-order valence-corrected chi connectivity index (χ1v) is 18.0. The molecule has 3 aliphatic rings. The van der Waals surface area contributed by atoms with Crippen molar-refractivity contribution < 1.29 is 29.1 Å². The summed E-state index contributed by atoms with van der Waals surface area (Å²) in [5.74, 6) is -2.03. The van der Waals surface area contributed by atoms with Gasteiger partial charge in [0.2, 0.25) is 17.7 Å². The topological polar surface area (TPSA) is 188 Å². The number of Topliss-reactive ketones (excluding diaryl/α,β-unsaturated/α-hetero) is 1. The van der Waals surface area contributed by atoms with Crippen molar-refractivity contribution in [2.24, 2.45) is 16.9 Å². The summed E-state index contributed by atoms with van der Waals surface area (Å²) in [6, 6.07) is 16.2. The molecule has 5 rings (SSSR count). The monoisotopic (exact) mass is 688 g/mol. The number of ketones is 1. The molecule has 2 aromatic carbocycles. The van der Waals surface area contributed by atoms with Crippen molar-refractivity contribution in [1.82, 2.24) is 20.4 Å². The SMILES string of the molecule is NCCCCC(NC(=O)C1(CC(=O)C(Cc2ccccc2)NC(=O)C(N)Cc2ccccc2)CCCC1)C(=O)N1C2CC1CN(CC(=O)O)C2. The number of carboxylic acids is 1. The maximum absolute atomic E-state index is 14.3. The van der Waals surface area contributed by atoms with Crippen LogP contribution in [0.25, 0.3) is 0 Å². The normalized spacial score (nSPS) is 21.4. The van der Waals surface area contributed by atoms with Gasteiger partial charge in [0.1, 0.15) is 6.04 Å². The standard InChI is InChI=1S/C38H52N6O6/c39-18-10-7-15-31(36(49)44-28-21-29(44)24-43(23-28)25-34(46)47)42-37(50)38(16-8-9-17-38)22-33(45)32(20-27-13-5-2-6-14-27)41-35(48)30(40)19-26-11-3-1-4-12-26/h1-6,11-14,28-32H,7-10,15-25,39-40H2,(H,41,48)(H,42,50)(H,46,47). The van der Waals surface area contributed by atoms with E-state index in [-0.39, 0.29) is 49.1 Å². The van der Waals surface area contributed by atoms with Crippen LogP contribution in [0.5, 0.6) is 0 Å². The van der Waals surface area contributed by atoms with Crippen LogP contribution in [-0.4, -0.2) is 101 Å². The molecule has 2 bridgehead atoms. The Bertz CT molecular complexity index is 1470. The predicted molar refractivity (Wildman–Crippen MR) is 189 cm³/mol. The molecule has 12 nitrogen and oxygen atoms in total. The average Bonchev–Trinajstić information content (AvgIpc) is 3.57. The molecule has 0 aromatic heterocycles. The molecule has 0 radical (unpaired) electrons. The number of rotatable bonds is 18. The van der Waals surface area contributed by atoms with Crippen LogP contribution < -0.4 is 22.1 Å². The number of carbonyl (C=O) groups excluding carboxylic acids is 4. The minimum atomic E-state index is -1.00. The first kappa shape index (κ1) is 37.1. The van der Waals surface area contributed by atoms with Crippen LogP contribution in [0.1, 0.15) is 68.9 Å². The van der Waals surface area contributed by atoms with E-state index in [1.807, 2.05) is 70.5 Å². The van der Waals surface area contributed by atoms with Crippen LogP contribution in [0.2, 0.25) is 0 Å². The van der Waals surface area contributed by atoms with Gasteiger partial charge in [-0.25, -0.2) is 0 Å². The number of amides is 3. The number of unbranched alkanes of at least 4 members (excludes halogenated alkanes) is 1. The van der Waals surface area contributed by atoms with Crippen molar-refractivity contribution in [1.29, 1.82) is 0 Å². The van der Waals surface area contributed by atoms with Crippen molar-refractivity contribution in [2.45, 2.75) is 101 Å². The highest BCUT2D eigenvalue weighted by Gasteiger charge is 2.50. The molecule has 2 aromatic rings. The highest BCUT2D eigenvalue weighted by atomic mass is 16.4. The van der Waals surface area contributed by atoms with Gasteiger partial charge in [0.05, 0.1) is 24.0 Å². The van der Waals surface area contributed by atoms with Crippen molar-refractivity contribution in [3.8, 4) is 0 Å². The third-order valence-electron chi connectivity index (χ3n) is 10.6. The molecule has 2 saturated heterocycles. The highest BCUT2D eigenvalue weighted by molar-refractivity contribution is 5.97. The Morgan fingerprint density at radius 1 is 0.840 bits per heavy atom. The Balaban J connectivity index is 1.29. The lowest BCUT2D eigenvalue weighted by Gasteiger charge is -2.56. The molecule has 2 heterocycles. The fourth-order valence-corrected chi connectivity index (χ4v) is 7.95. The van der Waals surface area contributed by atoms with Crippen molar-refractivity contribution in [3.05, 3.63) is 71.8 Å². The summed E-state index contributed by atoms with van der Waals surface area (Å²) in [4.78, 5) is 70.7. The van der Waals surface area contributed by atoms with E-state index in [0.29, 0.717) is 58.2 Å². The molecule has 3 amide bonds. The molecule has 12 heteroatoms. The number of nitrogens with zero attached hydrogens (tertiary/aromatic N) is 2. The molecule has 1 aliphatic carbocycles. The second-order valence-electron chi connectivity index (χ2n) is 14.4. The van der Waals surface area contributed by atoms with Gasteiger partial charge in [-0.1, -0.05) is 73.5 Å². The summed E-state index contributed by atoms with van der Waals surface area (Å²) in [5.41, 5.74) is 12.9. The fraction of sp³-hybridized carbons (Fsp3) is 0.553. The first-order chi connectivity index (χ1) is 24.1. The molecule has 270 valence electrons. The van der Waals surface area contributed by atoms with E-state index in [2.05, 4.69) is 10.6 Å². The molecule has 3 fully saturated rings. The first-order valence-electron chi connectivity index (χ1n) is 18.0. The van der Waals surface area contributed by atoms with E-state index >= 15 is 0 Å². The number of aliphatic carboxylic acids is 1. The third-order valence-corrected chi connectivity index (χ3v) is 10.6. The lowest BCUT2D eigenvalue weighted by atomic mass is 9.78. The minimum Gasteiger partial charge on any atom is -0.480 e. The summed E-state index contributed by atoms with van der Waals surface area (Å²) < 4.78 is 0. The second kappa shape index (κ2) is 17.2. The molecule has 0 spiro atoms. The number of likely N-dealkylation sites (tertiary alicyclic amines) is 2. The van der Waals surface area contributed by atoms with Gasteiger partial charge in [-0.05, 0) is 69.0 Å². The van der Waals surface area contributed by atoms with E-state index in [0.717, 1.165) is 30.4 Å². The number of carbonyl (C=O) groups is 5. The molecular weight excluding hydrogens is 636 g/mol. The van der Waals surface area contributed by atoms with Crippen LogP contribution in [0, 0.1) is 5.41 Å². The van der Waals surface area contributed by atoms with Gasteiger partial charge in [0.25, 0.3) is 0 Å². The van der Waals surface area contributed by atoms with Crippen molar-refractivity contribution in [3.63, 3.8) is 0 Å². The van der Waals surface area contributed by atoms with Crippen LogP contribution in [0.3, 0.4) is 0 Å². The number of carboxylic acid groups (broad SMARTS) is 1. The predicted octanol–water partition coefficient (Wildman–Crippen LogP) is 1.79. The molecule has 2 aliphatic heterocycles. The number of piperidine rings is 1. The van der Waals surface area contributed by atoms with E-state index in [4.69, 9.17) is 11.5 Å². The molecule has 5 atom stereocenters. The quantitative estimate of drug-likeness (QED) is 0.146. The summed E-state index contributed by atoms with van der Waals surface area (Å²) in [5, 5.41) is 15.2. The number of hydrogen-bond donors (Lipinski definition) is 5. The lowest BCUT2D eigenvalue weighted by Crippen LogP contribution is -2.72. The summed E-state index contributed by atoms with van der Waals surface area (Å²) >= 11 is 0. The van der Waals surface area contributed by atoms with E-state index in [1.165, 1.54) is 0 Å². The Labute approximate surface area is 294 Å². The third kappa shape index (κ3) is 9.35. The smallest absolute Gasteiger partial charge is 0.317 e. The van der Waals surface area contributed by atoms with Crippen LogP contribution in [0.4, 0.5) is 0 Å². The largest absolute Gasteiger partial charge is 0.480 e. The Kier molecular flexibility index (Phi) is 12.8. The zero-order chi connectivity index (χ0) is 35.7. The van der Waals surface area contributed by atoms with Crippen molar-refractivity contribution >= 4 is 29.5 Å². The lowest BCUT2D eigenvalue weighted by molar-refractivity contribution is -0.160. The number of nitrogens with one attached hydrogen (secondary N) is 2. The Morgan fingerprint density at radius 2 is 1.44 bits per heavy atom. The number of fused-ring (bicyclic) bond motifs is 2. The van der Waals surface area contributed by atoms with Gasteiger partial charge in [-0.15, -0.1) is 0 Å². The van der Waals surface area contributed by atoms with Crippen LogP contribution in [-0.2, 0) is 36.8 Å². The summed E-state index contributed by atoms with van der Waals surface area (Å²) in [6.07, 6.45) is 5.68. The van der Waals surface area contributed by atoms with Gasteiger partial charge in [-0.3, -0.25) is 28.9 Å². The van der Waals surface area contributed by atoms with Crippen molar-refractivity contribution in [2.75, 3.05) is 26.2 Å². The zero-order valence-electron chi connectivity index (χ0n) is 28.8. The Morgan fingerprint density at radius 3 is 2.02 bits per heavy atom. The summed E-state index contributed by atoms with van der Waals surface area (Å²) in [7, 11) is 0. The average molecular weight is 689 g/mol. The molecule has 5 unspecified atom stereocenters.